The second-order valence-corrected chi connectivity index (χ2v) is 9.12. The molecule has 2 aromatic rings. The SMILES string of the molecule is O=C(Cc1ccccc1)OCC(=O)N(Cc1ccccc1)[C@H]1CCS(=O)(=O)C1. The van der Waals surface area contributed by atoms with Crippen LogP contribution in [-0.4, -0.2) is 49.3 Å². The molecule has 3 rings (SSSR count). The van der Waals surface area contributed by atoms with E-state index in [0.717, 1.165) is 11.1 Å². The Bertz CT molecular complexity index is 912. The van der Waals surface area contributed by atoms with Gasteiger partial charge in [-0.05, 0) is 17.5 Å². The molecule has 0 bridgehead atoms. The second-order valence-electron chi connectivity index (χ2n) is 6.89. The third-order valence-electron chi connectivity index (χ3n) is 4.71. The lowest BCUT2D eigenvalue weighted by atomic mass is 10.1. The predicted octanol–water partition coefficient (Wildman–Crippen LogP) is 1.99. The summed E-state index contributed by atoms with van der Waals surface area (Å²) >= 11 is 0. The minimum atomic E-state index is -3.14. The summed E-state index contributed by atoms with van der Waals surface area (Å²) in [6.45, 7) is -0.106. The number of sulfone groups is 1. The van der Waals surface area contributed by atoms with E-state index in [2.05, 4.69) is 0 Å². The van der Waals surface area contributed by atoms with E-state index in [1.165, 1.54) is 4.90 Å². The Kier molecular flexibility index (Phi) is 6.46. The number of nitrogens with zero attached hydrogens (tertiary/aromatic N) is 1. The van der Waals surface area contributed by atoms with E-state index < -0.39 is 28.5 Å². The topological polar surface area (TPSA) is 80.8 Å². The van der Waals surface area contributed by atoms with Crippen molar-refractivity contribution in [2.45, 2.75) is 25.4 Å². The molecule has 28 heavy (non-hydrogen) atoms. The van der Waals surface area contributed by atoms with Gasteiger partial charge in [-0.25, -0.2) is 8.42 Å². The molecule has 1 amide bonds. The van der Waals surface area contributed by atoms with Crippen molar-refractivity contribution in [3.05, 3.63) is 71.8 Å². The summed E-state index contributed by atoms with van der Waals surface area (Å²) in [5, 5.41) is 0. The molecule has 1 fully saturated rings. The maximum absolute atomic E-state index is 12.8. The van der Waals surface area contributed by atoms with E-state index in [-0.39, 0.29) is 30.4 Å². The number of esters is 1. The largest absolute Gasteiger partial charge is 0.455 e. The Balaban J connectivity index is 1.63. The molecule has 0 aliphatic carbocycles. The highest BCUT2D eigenvalue weighted by atomic mass is 32.2. The number of amides is 1. The molecule has 2 aromatic carbocycles. The molecule has 1 aliphatic heterocycles. The summed E-state index contributed by atoms with van der Waals surface area (Å²) in [5.41, 5.74) is 1.71. The van der Waals surface area contributed by atoms with Crippen LogP contribution in [0, 0.1) is 0 Å². The van der Waals surface area contributed by atoms with Crippen LogP contribution in [0.25, 0.3) is 0 Å². The van der Waals surface area contributed by atoms with Gasteiger partial charge in [-0.2, -0.15) is 0 Å². The van der Waals surface area contributed by atoms with Crippen LogP contribution in [0.1, 0.15) is 17.5 Å². The van der Waals surface area contributed by atoms with Gasteiger partial charge in [0.2, 0.25) is 0 Å². The van der Waals surface area contributed by atoms with Crippen LogP contribution in [0.15, 0.2) is 60.7 Å². The van der Waals surface area contributed by atoms with Crippen LogP contribution in [-0.2, 0) is 37.1 Å². The fourth-order valence-corrected chi connectivity index (χ4v) is 4.99. The zero-order valence-electron chi connectivity index (χ0n) is 15.5. The molecule has 148 valence electrons. The minimum Gasteiger partial charge on any atom is -0.455 e. The highest BCUT2D eigenvalue weighted by Gasteiger charge is 2.34. The van der Waals surface area contributed by atoms with Crippen molar-refractivity contribution in [1.82, 2.24) is 4.90 Å². The highest BCUT2D eigenvalue weighted by molar-refractivity contribution is 7.91. The van der Waals surface area contributed by atoms with Crippen molar-refractivity contribution in [3.8, 4) is 0 Å². The number of hydrogen-bond donors (Lipinski definition) is 0. The van der Waals surface area contributed by atoms with Gasteiger partial charge in [0.1, 0.15) is 0 Å². The highest BCUT2D eigenvalue weighted by Crippen LogP contribution is 2.20. The van der Waals surface area contributed by atoms with Crippen molar-refractivity contribution < 1.29 is 22.7 Å². The van der Waals surface area contributed by atoms with Crippen LogP contribution in [0.5, 0.6) is 0 Å². The monoisotopic (exact) mass is 401 g/mol. The molecule has 0 spiro atoms. The van der Waals surface area contributed by atoms with Gasteiger partial charge in [0.05, 0.1) is 17.9 Å². The lowest BCUT2D eigenvalue weighted by Crippen LogP contribution is -2.42. The number of carbonyl (C=O) groups excluding carboxylic acids is 2. The first-order valence-corrected chi connectivity index (χ1v) is 11.0. The van der Waals surface area contributed by atoms with Gasteiger partial charge in [0.25, 0.3) is 5.91 Å². The molecule has 1 heterocycles. The van der Waals surface area contributed by atoms with Crippen LogP contribution >= 0.6 is 0 Å². The van der Waals surface area contributed by atoms with Gasteiger partial charge in [0.15, 0.2) is 16.4 Å². The van der Waals surface area contributed by atoms with Crippen molar-refractivity contribution >= 4 is 21.7 Å². The lowest BCUT2D eigenvalue weighted by molar-refractivity contribution is -0.152. The first kappa shape index (κ1) is 20.1. The third kappa shape index (κ3) is 5.66. The Labute approximate surface area is 165 Å². The van der Waals surface area contributed by atoms with Crippen molar-refractivity contribution in [2.75, 3.05) is 18.1 Å². The zero-order valence-corrected chi connectivity index (χ0v) is 16.3. The number of benzene rings is 2. The maximum atomic E-state index is 12.8. The standard InChI is InChI=1S/C21H23NO5S/c23-20(15-27-21(24)13-17-7-3-1-4-8-17)22(14-18-9-5-2-6-10-18)19-11-12-28(25,26)16-19/h1-10,19H,11-16H2/t19-/m0/s1. The van der Waals surface area contributed by atoms with Gasteiger partial charge in [-0.1, -0.05) is 60.7 Å². The third-order valence-corrected chi connectivity index (χ3v) is 6.46. The molecule has 0 N–H and O–H groups in total. The number of carbonyl (C=O) groups is 2. The Morgan fingerprint density at radius 2 is 1.57 bits per heavy atom. The Hall–Kier alpha value is -2.67. The summed E-state index contributed by atoms with van der Waals surface area (Å²) in [4.78, 5) is 26.3. The fourth-order valence-electron chi connectivity index (χ4n) is 3.26. The minimum absolute atomic E-state index is 0.0520. The van der Waals surface area contributed by atoms with E-state index in [1.54, 1.807) is 0 Å². The van der Waals surface area contributed by atoms with Gasteiger partial charge in [-0.3, -0.25) is 9.59 Å². The smallest absolute Gasteiger partial charge is 0.310 e. The lowest BCUT2D eigenvalue weighted by Gasteiger charge is -2.28. The first-order chi connectivity index (χ1) is 13.4. The van der Waals surface area contributed by atoms with Crippen LogP contribution < -0.4 is 0 Å². The average molecular weight is 401 g/mol. The van der Waals surface area contributed by atoms with E-state index >= 15 is 0 Å². The van der Waals surface area contributed by atoms with E-state index in [1.807, 2.05) is 60.7 Å². The molecule has 1 saturated heterocycles. The van der Waals surface area contributed by atoms with E-state index in [4.69, 9.17) is 4.74 Å². The molecule has 7 heteroatoms. The summed E-state index contributed by atoms with van der Waals surface area (Å²) in [6, 6.07) is 18.1. The summed E-state index contributed by atoms with van der Waals surface area (Å²) in [6.07, 6.45) is 0.490. The molecular weight excluding hydrogens is 378 g/mol. The molecule has 6 nitrogen and oxygen atoms in total. The van der Waals surface area contributed by atoms with E-state index in [0.29, 0.717) is 6.42 Å². The zero-order chi connectivity index (χ0) is 20.0. The molecule has 0 unspecified atom stereocenters. The van der Waals surface area contributed by atoms with Crippen LogP contribution in [0.3, 0.4) is 0 Å². The van der Waals surface area contributed by atoms with Gasteiger partial charge >= 0.3 is 5.97 Å². The normalized spacial score (nSPS) is 17.8. The van der Waals surface area contributed by atoms with Crippen LogP contribution in [0.2, 0.25) is 0 Å². The first-order valence-electron chi connectivity index (χ1n) is 9.16. The molecular formula is C21H23NO5S. The predicted molar refractivity (Wildman–Crippen MR) is 105 cm³/mol. The summed E-state index contributed by atoms with van der Waals surface area (Å²) < 4.78 is 28.9. The summed E-state index contributed by atoms with van der Waals surface area (Å²) in [5.74, 6) is -0.848. The maximum Gasteiger partial charge on any atom is 0.310 e. The molecule has 1 aliphatic rings. The molecule has 0 aromatic heterocycles. The van der Waals surface area contributed by atoms with Gasteiger partial charge in [0, 0.05) is 12.6 Å². The summed E-state index contributed by atoms with van der Waals surface area (Å²) in [7, 11) is -3.14. The molecule has 0 radical (unpaired) electrons. The average Bonchev–Trinajstić information content (AvgIpc) is 3.05. The van der Waals surface area contributed by atoms with Crippen molar-refractivity contribution in [2.24, 2.45) is 0 Å². The van der Waals surface area contributed by atoms with Gasteiger partial charge in [-0.15, -0.1) is 0 Å². The van der Waals surface area contributed by atoms with Gasteiger partial charge < -0.3 is 9.64 Å². The van der Waals surface area contributed by atoms with Crippen LogP contribution in [0.4, 0.5) is 0 Å². The van der Waals surface area contributed by atoms with Crippen molar-refractivity contribution in [3.63, 3.8) is 0 Å². The fraction of sp³-hybridized carbons (Fsp3) is 0.333. The Morgan fingerprint density at radius 1 is 0.964 bits per heavy atom. The molecule has 0 saturated carbocycles. The van der Waals surface area contributed by atoms with E-state index in [9.17, 15) is 18.0 Å². The second kappa shape index (κ2) is 9.01. The number of ether oxygens (including phenoxy) is 1. The number of hydrogen-bond acceptors (Lipinski definition) is 5. The number of rotatable bonds is 7. The van der Waals surface area contributed by atoms with Crippen molar-refractivity contribution in [1.29, 1.82) is 0 Å². The Morgan fingerprint density at radius 3 is 2.14 bits per heavy atom. The quantitative estimate of drug-likeness (QED) is 0.663. The molecule has 1 atom stereocenters.